The molecule has 1 aliphatic rings. The van der Waals surface area contributed by atoms with Gasteiger partial charge in [-0.3, -0.25) is 4.98 Å². The predicted molar refractivity (Wildman–Crippen MR) is 92.7 cm³/mol. The lowest BCUT2D eigenvalue weighted by Crippen LogP contribution is -2.50. The fourth-order valence-corrected chi connectivity index (χ4v) is 3.63. The van der Waals surface area contributed by atoms with E-state index in [0.717, 1.165) is 46.8 Å². The second kappa shape index (κ2) is 7.31. The van der Waals surface area contributed by atoms with Crippen LogP contribution in [-0.2, 0) is 5.75 Å². The van der Waals surface area contributed by atoms with Gasteiger partial charge in [0.15, 0.2) is 0 Å². The Morgan fingerprint density at radius 3 is 3.05 bits per heavy atom. The van der Waals surface area contributed by atoms with Crippen LogP contribution in [0.2, 0.25) is 5.02 Å². The van der Waals surface area contributed by atoms with Crippen LogP contribution in [0.4, 0.5) is 5.82 Å². The summed E-state index contributed by atoms with van der Waals surface area (Å²) in [5.41, 5.74) is 1.12. The van der Waals surface area contributed by atoms with Crippen LogP contribution < -0.4 is 10.2 Å². The summed E-state index contributed by atoms with van der Waals surface area (Å²) in [4.78, 5) is 11.4. The molecule has 0 aliphatic carbocycles. The first-order valence-corrected chi connectivity index (χ1v) is 8.76. The molecular formula is C16H19ClN4S. The van der Waals surface area contributed by atoms with Gasteiger partial charge in [0.1, 0.15) is 10.8 Å². The van der Waals surface area contributed by atoms with E-state index in [1.165, 1.54) is 0 Å². The maximum absolute atomic E-state index is 6.20. The highest BCUT2D eigenvalue weighted by Gasteiger charge is 2.19. The molecule has 0 saturated carbocycles. The molecule has 1 saturated heterocycles. The van der Waals surface area contributed by atoms with Crippen LogP contribution in [0.1, 0.15) is 12.5 Å². The zero-order chi connectivity index (χ0) is 15.4. The van der Waals surface area contributed by atoms with E-state index in [1.807, 2.05) is 36.7 Å². The monoisotopic (exact) mass is 334 g/mol. The number of rotatable bonds is 4. The Bertz CT molecular complexity index is 637. The van der Waals surface area contributed by atoms with Crippen molar-refractivity contribution in [1.29, 1.82) is 0 Å². The summed E-state index contributed by atoms with van der Waals surface area (Å²) in [6.45, 7) is 5.15. The van der Waals surface area contributed by atoms with E-state index in [9.17, 15) is 0 Å². The fraction of sp³-hybridized carbons (Fsp3) is 0.375. The molecule has 6 heteroatoms. The zero-order valence-corrected chi connectivity index (χ0v) is 14.1. The van der Waals surface area contributed by atoms with Crippen molar-refractivity contribution in [3.63, 3.8) is 0 Å². The van der Waals surface area contributed by atoms with Gasteiger partial charge in [-0.1, -0.05) is 41.6 Å². The molecule has 2 heterocycles. The van der Waals surface area contributed by atoms with Gasteiger partial charge in [-0.05, 0) is 18.6 Å². The van der Waals surface area contributed by atoms with Crippen LogP contribution in [0.3, 0.4) is 0 Å². The Balaban J connectivity index is 1.70. The molecule has 2 aromatic rings. The fourth-order valence-electron chi connectivity index (χ4n) is 2.49. The Hall–Kier alpha value is -1.30. The number of thioether (sulfide) groups is 1. The van der Waals surface area contributed by atoms with Gasteiger partial charge in [-0.25, -0.2) is 4.98 Å². The normalized spacial score (nSPS) is 18.5. The molecule has 1 atom stereocenters. The van der Waals surface area contributed by atoms with E-state index < -0.39 is 0 Å². The maximum Gasteiger partial charge on any atom is 0.148 e. The standard InChI is InChI=1S/C16H19ClN4S/c1-12-8-18-6-7-21(12)15-9-19-10-16(20-15)22-11-13-4-2-3-5-14(13)17/h2-5,9-10,12,18H,6-8,11H2,1H3. The third kappa shape index (κ3) is 3.72. The molecule has 3 rings (SSSR count). The minimum Gasteiger partial charge on any atom is -0.350 e. The predicted octanol–water partition coefficient (Wildman–Crippen LogP) is 3.22. The van der Waals surface area contributed by atoms with Crippen LogP contribution in [-0.4, -0.2) is 35.6 Å². The molecule has 1 unspecified atom stereocenters. The Kier molecular flexibility index (Phi) is 5.18. The molecule has 1 aromatic heterocycles. The number of hydrogen-bond acceptors (Lipinski definition) is 5. The van der Waals surface area contributed by atoms with Gasteiger partial charge in [0.25, 0.3) is 0 Å². The second-order valence-corrected chi connectivity index (χ2v) is 6.74. The van der Waals surface area contributed by atoms with E-state index in [1.54, 1.807) is 11.8 Å². The number of halogens is 1. The highest BCUT2D eigenvalue weighted by Crippen LogP contribution is 2.26. The maximum atomic E-state index is 6.20. The van der Waals surface area contributed by atoms with E-state index >= 15 is 0 Å². The topological polar surface area (TPSA) is 41.0 Å². The molecule has 1 aliphatic heterocycles. The Labute approximate surface area is 140 Å². The number of aromatic nitrogens is 2. The summed E-state index contributed by atoms with van der Waals surface area (Å²) in [5, 5.41) is 5.13. The third-order valence-corrected chi connectivity index (χ3v) is 5.05. The summed E-state index contributed by atoms with van der Waals surface area (Å²) in [6.07, 6.45) is 3.67. The first-order valence-electron chi connectivity index (χ1n) is 7.39. The molecule has 1 N–H and O–H groups in total. The van der Waals surface area contributed by atoms with Gasteiger partial charge in [0, 0.05) is 36.5 Å². The van der Waals surface area contributed by atoms with Gasteiger partial charge in [-0.15, -0.1) is 0 Å². The quantitative estimate of drug-likeness (QED) is 0.869. The first-order chi connectivity index (χ1) is 10.7. The highest BCUT2D eigenvalue weighted by molar-refractivity contribution is 7.98. The van der Waals surface area contributed by atoms with Gasteiger partial charge in [0.2, 0.25) is 0 Å². The average Bonchev–Trinajstić information content (AvgIpc) is 2.55. The average molecular weight is 335 g/mol. The van der Waals surface area contributed by atoms with Crippen LogP contribution in [0.5, 0.6) is 0 Å². The van der Waals surface area contributed by atoms with Crippen molar-refractivity contribution in [3.05, 3.63) is 47.2 Å². The van der Waals surface area contributed by atoms with E-state index in [0.29, 0.717) is 6.04 Å². The minimum atomic E-state index is 0.437. The molecule has 1 aromatic carbocycles. The van der Waals surface area contributed by atoms with E-state index in [2.05, 4.69) is 22.1 Å². The lowest BCUT2D eigenvalue weighted by atomic mass is 10.2. The van der Waals surface area contributed by atoms with Gasteiger partial charge < -0.3 is 10.2 Å². The molecule has 0 radical (unpaired) electrons. The molecule has 0 bridgehead atoms. The van der Waals surface area contributed by atoms with Crippen molar-refractivity contribution in [2.24, 2.45) is 0 Å². The zero-order valence-electron chi connectivity index (χ0n) is 12.5. The largest absolute Gasteiger partial charge is 0.350 e. The van der Waals surface area contributed by atoms with Crippen molar-refractivity contribution in [1.82, 2.24) is 15.3 Å². The van der Waals surface area contributed by atoms with Crippen molar-refractivity contribution < 1.29 is 0 Å². The molecular weight excluding hydrogens is 316 g/mol. The lowest BCUT2D eigenvalue weighted by Gasteiger charge is -2.34. The van der Waals surface area contributed by atoms with Crippen molar-refractivity contribution in [2.75, 3.05) is 24.5 Å². The molecule has 22 heavy (non-hydrogen) atoms. The molecule has 1 fully saturated rings. The van der Waals surface area contributed by atoms with Crippen molar-refractivity contribution >= 4 is 29.2 Å². The minimum absolute atomic E-state index is 0.437. The number of benzene rings is 1. The lowest BCUT2D eigenvalue weighted by molar-refractivity contribution is 0.495. The number of nitrogens with one attached hydrogen (secondary N) is 1. The third-order valence-electron chi connectivity index (χ3n) is 3.73. The van der Waals surface area contributed by atoms with E-state index in [4.69, 9.17) is 16.6 Å². The van der Waals surface area contributed by atoms with Crippen LogP contribution in [0.25, 0.3) is 0 Å². The smallest absolute Gasteiger partial charge is 0.148 e. The van der Waals surface area contributed by atoms with Crippen LogP contribution in [0.15, 0.2) is 41.7 Å². The van der Waals surface area contributed by atoms with Crippen molar-refractivity contribution in [3.8, 4) is 0 Å². The summed E-state index contributed by atoms with van der Waals surface area (Å²) >= 11 is 7.86. The number of hydrogen-bond donors (Lipinski definition) is 1. The van der Waals surface area contributed by atoms with Crippen molar-refractivity contribution in [2.45, 2.75) is 23.7 Å². The molecule has 0 spiro atoms. The number of piperazine rings is 1. The Morgan fingerprint density at radius 1 is 1.36 bits per heavy atom. The van der Waals surface area contributed by atoms with E-state index in [-0.39, 0.29) is 0 Å². The van der Waals surface area contributed by atoms with Gasteiger partial charge in [-0.2, -0.15) is 0 Å². The molecule has 0 amide bonds. The molecule has 4 nitrogen and oxygen atoms in total. The van der Waals surface area contributed by atoms with Gasteiger partial charge in [0.05, 0.1) is 12.4 Å². The summed E-state index contributed by atoms with van der Waals surface area (Å²) < 4.78 is 0. The molecule has 116 valence electrons. The number of nitrogens with zero attached hydrogens (tertiary/aromatic N) is 3. The Morgan fingerprint density at radius 2 is 2.23 bits per heavy atom. The SMILES string of the molecule is CC1CNCCN1c1cncc(SCc2ccccc2Cl)n1. The van der Waals surface area contributed by atoms with Crippen LogP contribution in [0, 0.1) is 0 Å². The summed E-state index contributed by atoms with van der Waals surface area (Å²) in [5.74, 6) is 1.76. The van der Waals surface area contributed by atoms with Gasteiger partial charge >= 0.3 is 0 Å². The number of anilines is 1. The summed E-state index contributed by atoms with van der Waals surface area (Å²) in [7, 11) is 0. The van der Waals surface area contributed by atoms with Crippen LogP contribution >= 0.6 is 23.4 Å². The first kappa shape index (κ1) is 15.6. The summed E-state index contributed by atoms with van der Waals surface area (Å²) in [6, 6.07) is 8.36. The highest BCUT2D eigenvalue weighted by atomic mass is 35.5. The second-order valence-electron chi connectivity index (χ2n) is 5.34.